The maximum absolute atomic E-state index is 13.2. The number of nitrogens with two attached hydrogens (primary N) is 1. The Morgan fingerprint density at radius 2 is 2.18 bits per heavy atom. The van der Waals surface area contributed by atoms with Crippen molar-refractivity contribution in [2.75, 3.05) is 5.73 Å². The molecule has 0 fully saturated rings. The molecule has 0 unspecified atom stereocenters. The Bertz CT molecular complexity index is 566. The zero-order chi connectivity index (χ0) is 12.4. The lowest BCUT2D eigenvalue weighted by Crippen LogP contribution is -2.11. The van der Waals surface area contributed by atoms with Gasteiger partial charge in [-0.05, 0) is 12.1 Å². The molecule has 0 aliphatic carbocycles. The molecule has 1 aromatic carbocycles. The highest BCUT2D eigenvalue weighted by Crippen LogP contribution is 2.18. The number of ether oxygens (including phenoxy) is 1. The molecule has 17 heavy (non-hydrogen) atoms. The van der Waals surface area contributed by atoms with Gasteiger partial charge in [-0.1, -0.05) is 12.1 Å². The van der Waals surface area contributed by atoms with Crippen molar-refractivity contribution in [2.45, 2.75) is 0 Å². The Hall–Kier alpha value is -2.37. The van der Waals surface area contributed by atoms with Crippen LogP contribution >= 0.6 is 0 Å². The minimum Gasteiger partial charge on any atom is -0.420 e. The Labute approximate surface area is 96.6 Å². The fourth-order valence-electron chi connectivity index (χ4n) is 1.29. The van der Waals surface area contributed by atoms with Gasteiger partial charge in [0, 0.05) is 7.05 Å². The molecule has 1 heterocycles. The highest BCUT2D eigenvalue weighted by molar-refractivity contribution is 5.95. The third kappa shape index (κ3) is 2.10. The van der Waals surface area contributed by atoms with E-state index in [9.17, 15) is 9.18 Å². The molecule has 0 atom stereocenters. The summed E-state index contributed by atoms with van der Waals surface area (Å²) in [5.41, 5.74) is 5.71. The van der Waals surface area contributed by atoms with E-state index in [4.69, 9.17) is 10.5 Å². The zero-order valence-corrected chi connectivity index (χ0v) is 9.05. The van der Waals surface area contributed by atoms with Crippen molar-refractivity contribution in [3.63, 3.8) is 0 Å². The number of esters is 1. The zero-order valence-electron chi connectivity index (χ0n) is 9.05. The summed E-state index contributed by atoms with van der Waals surface area (Å²) in [6.07, 6.45) is 1.28. The van der Waals surface area contributed by atoms with Crippen molar-refractivity contribution < 1.29 is 13.9 Å². The molecule has 0 radical (unpaired) electrons. The first-order valence-electron chi connectivity index (χ1n) is 4.84. The summed E-state index contributed by atoms with van der Waals surface area (Å²) in [6, 6.07) is 5.64. The molecule has 88 valence electrons. The number of aryl methyl sites for hydroxylation is 1. The Morgan fingerprint density at radius 3 is 2.76 bits per heavy atom. The Kier molecular flexibility index (Phi) is 2.78. The van der Waals surface area contributed by atoms with E-state index in [-0.39, 0.29) is 17.1 Å². The van der Waals surface area contributed by atoms with Crippen LogP contribution in [0.2, 0.25) is 0 Å². The number of rotatable bonds is 2. The van der Waals surface area contributed by atoms with Crippen molar-refractivity contribution in [3.8, 4) is 5.75 Å². The molecule has 0 amide bonds. The van der Waals surface area contributed by atoms with Crippen LogP contribution in [0.15, 0.2) is 30.5 Å². The Morgan fingerprint density at radius 1 is 1.47 bits per heavy atom. The first-order chi connectivity index (χ1) is 8.09. The van der Waals surface area contributed by atoms with Gasteiger partial charge in [-0.2, -0.15) is 5.10 Å². The molecule has 0 aliphatic heterocycles. The van der Waals surface area contributed by atoms with E-state index in [1.807, 2.05) is 0 Å². The molecule has 0 aliphatic rings. The van der Waals surface area contributed by atoms with Gasteiger partial charge in [-0.3, -0.25) is 4.68 Å². The summed E-state index contributed by atoms with van der Waals surface area (Å²) >= 11 is 0. The number of halogens is 1. The minimum atomic E-state index is -0.735. The van der Waals surface area contributed by atoms with E-state index in [0.717, 1.165) is 0 Å². The number of hydrogen-bond acceptors (Lipinski definition) is 4. The number of hydrogen-bond donors (Lipinski definition) is 1. The number of benzene rings is 1. The number of carbonyl (C=O) groups excluding carboxylic acids is 1. The SMILES string of the molecule is Cn1ncc(C(=O)Oc2ccccc2F)c1N. The summed E-state index contributed by atoms with van der Waals surface area (Å²) < 4.78 is 19.5. The largest absolute Gasteiger partial charge is 0.420 e. The van der Waals surface area contributed by atoms with Gasteiger partial charge in [-0.15, -0.1) is 0 Å². The van der Waals surface area contributed by atoms with Gasteiger partial charge in [-0.25, -0.2) is 9.18 Å². The summed E-state index contributed by atoms with van der Waals surface area (Å²) in [4.78, 5) is 11.7. The lowest BCUT2D eigenvalue weighted by molar-refractivity contribution is 0.0729. The second-order valence-corrected chi connectivity index (χ2v) is 3.39. The van der Waals surface area contributed by atoms with E-state index < -0.39 is 11.8 Å². The Balaban J connectivity index is 2.23. The van der Waals surface area contributed by atoms with Crippen LogP contribution in [0.4, 0.5) is 10.2 Å². The van der Waals surface area contributed by atoms with Gasteiger partial charge in [0.25, 0.3) is 0 Å². The predicted molar refractivity (Wildman–Crippen MR) is 59.0 cm³/mol. The quantitative estimate of drug-likeness (QED) is 0.630. The van der Waals surface area contributed by atoms with Crippen LogP contribution in [0.5, 0.6) is 5.75 Å². The molecule has 1 aromatic heterocycles. The maximum atomic E-state index is 13.2. The number of carbonyl (C=O) groups is 1. The fourth-order valence-corrected chi connectivity index (χ4v) is 1.29. The van der Waals surface area contributed by atoms with Crippen molar-refractivity contribution in [3.05, 3.63) is 41.8 Å². The molecule has 0 spiro atoms. The van der Waals surface area contributed by atoms with Crippen LogP contribution in [0.3, 0.4) is 0 Å². The summed E-state index contributed by atoms with van der Waals surface area (Å²) in [7, 11) is 1.59. The number of nitrogen functional groups attached to an aromatic ring is 1. The van der Waals surface area contributed by atoms with E-state index in [1.54, 1.807) is 13.1 Å². The number of para-hydroxylation sites is 1. The van der Waals surface area contributed by atoms with Gasteiger partial charge >= 0.3 is 5.97 Å². The highest BCUT2D eigenvalue weighted by atomic mass is 19.1. The van der Waals surface area contributed by atoms with Crippen LogP contribution in [0.1, 0.15) is 10.4 Å². The first-order valence-corrected chi connectivity index (χ1v) is 4.84. The molecule has 2 rings (SSSR count). The average Bonchev–Trinajstić information content (AvgIpc) is 2.63. The fraction of sp³-hybridized carbons (Fsp3) is 0.0909. The third-order valence-corrected chi connectivity index (χ3v) is 2.24. The van der Waals surface area contributed by atoms with Gasteiger partial charge in [0.2, 0.25) is 0 Å². The predicted octanol–water partition coefficient (Wildman–Crippen LogP) is 1.36. The van der Waals surface area contributed by atoms with Crippen molar-refractivity contribution in [1.29, 1.82) is 0 Å². The monoisotopic (exact) mass is 235 g/mol. The smallest absolute Gasteiger partial charge is 0.349 e. The molecule has 0 saturated carbocycles. The topological polar surface area (TPSA) is 70.1 Å². The normalized spacial score (nSPS) is 10.2. The van der Waals surface area contributed by atoms with Gasteiger partial charge in [0.1, 0.15) is 11.4 Å². The molecule has 0 bridgehead atoms. The lowest BCUT2D eigenvalue weighted by atomic mass is 10.3. The molecule has 2 aromatic rings. The summed E-state index contributed by atoms with van der Waals surface area (Å²) in [6.45, 7) is 0. The lowest BCUT2D eigenvalue weighted by Gasteiger charge is -2.04. The van der Waals surface area contributed by atoms with Crippen LogP contribution in [-0.2, 0) is 7.05 Å². The molecule has 2 N–H and O–H groups in total. The summed E-state index contributed by atoms with van der Waals surface area (Å²) in [5, 5.41) is 3.80. The molecular formula is C11H10FN3O2. The van der Waals surface area contributed by atoms with Gasteiger partial charge in [0.05, 0.1) is 6.20 Å². The average molecular weight is 235 g/mol. The first kappa shape index (κ1) is 11.1. The molecular weight excluding hydrogens is 225 g/mol. The standard InChI is InChI=1S/C11H10FN3O2/c1-15-10(13)7(6-14-15)11(16)17-9-5-3-2-4-8(9)12/h2-6H,13H2,1H3. The van der Waals surface area contributed by atoms with Crippen molar-refractivity contribution in [2.24, 2.45) is 7.05 Å². The second-order valence-electron chi connectivity index (χ2n) is 3.39. The third-order valence-electron chi connectivity index (χ3n) is 2.24. The number of aromatic nitrogens is 2. The van der Waals surface area contributed by atoms with Crippen LogP contribution < -0.4 is 10.5 Å². The van der Waals surface area contributed by atoms with E-state index in [1.165, 1.54) is 29.1 Å². The number of anilines is 1. The van der Waals surface area contributed by atoms with E-state index in [0.29, 0.717) is 0 Å². The van der Waals surface area contributed by atoms with E-state index in [2.05, 4.69) is 5.10 Å². The number of nitrogens with zero attached hydrogens (tertiary/aromatic N) is 2. The molecule has 6 heteroatoms. The molecule has 5 nitrogen and oxygen atoms in total. The van der Waals surface area contributed by atoms with Crippen LogP contribution in [-0.4, -0.2) is 15.7 Å². The van der Waals surface area contributed by atoms with E-state index >= 15 is 0 Å². The summed E-state index contributed by atoms with van der Waals surface area (Å²) in [5.74, 6) is -1.31. The van der Waals surface area contributed by atoms with Crippen LogP contribution in [0, 0.1) is 5.82 Å². The van der Waals surface area contributed by atoms with Gasteiger partial charge in [0.15, 0.2) is 11.6 Å². The van der Waals surface area contributed by atoms with Crippen LogP contribution in [0.25, 0.3) is 0 Å². The van der Waals surface area contributed by atoms with Crippen molar-refractivity contribution in [1.82, 2.24) is 9.78 Å². The second kappa shape index (κ2) is 4.25. The maximum Gasteiger partial charge on any atom is 0.349 e. The van der Waals surface area contributed by atoms with Gasteiger partial charge < -0.3 is 10.5 Å². The molecule has 0 saturated heterocycles. The highest BCUT2D eigenvalue weighted by Gasteiger charge is 2.17. The minimum absolute atomic E-state index is 0.107. The van der Waals surface area contributed by atoms with Crippen molar-refractivity contribution >= 4 is 11.8 Å².